The maximum Gasteiger partial charge on any atom is 0.324 e. The number of hydrogen-bond donors (Lipinski definition) is 3. The Kier molecular flexibility index (Phi) is 7.42. The van der Waals surface area contributed by atoms with Crippen molar-refractivity contribution in [2.24, 2.45) is 9.98 Å². The number of aromatic nitrogens is 1. The molecule has 3 rings (SSSR count). The number of nitrogens with zero attached hydrogens (tertiary/aromatic N) is 3. The van der Waals surface area contributed by atoms with E-state index >= 15 is 0 Å². The number of carbonyl (C=O) groups is 2. The molecule has 0 spiro atoms. The molecule has 0 aliphatic carbocycles. The van der Waals surface area contributed by atoms with Crippen molar-refractivity contribution in [3.63, 3.8) is 0 Å². The minimum Gasteiger partial charge on any atom is -0.425 e. The lowest BCUT2D eigenvalue weighted by Crippen LogP contribution is -2.19. The van der Waals surface area contributed by atoms with E-state index < -0.39 is 6.03 Å². The third kappa shape index (κ3) is 6.52. The van der Waals surface area contributed by atoms with Crippen molar-refractivity contribution in [3.8, 4) is 5.75 Å². The van der Waals surface area contributed by atoms with Gasteiger partial charge < -0.3 is 19.9 Å². The number of ether oxygens (including phenoxy) is 1. The molecule has 10 nitrogen and oxygen atoms in total. The third-order valence-corrected chi connectivity index (χ3v) is 4.52. The highest BCUT2D eigenvalue weighted by Gasteiger charge is 2.20. The molecular formula is C24H26N6O4. The molecule has 1 heterocycles. The van der Waals surface area contributed by atoms with Gasteiger partial charge >= 0.3 is 12.1 Å². The van der Waals surface area contributed by atoms with E-state index in [-0.39, 0.29) is 17.3 Å². The highest BCUT2D eigenvalue weighted by Crippen LogP contribution is 2.24. The second kappa shape index (κ2) is 10.4. The van der Waals surface area contributed by atoms with Crippen molar-refractivity contribution < 1.29 is 18.8 Å². The van der Waals surface area contributed by atoms with Crippen LogP contribution >= 0.6 is 0 Å². The van der Waals surface area contributed by atoms with Crippen molar-refractivity contribution in [1.29, 1.82) is 0 Å². The lowest BCUT2D eigenvalue weighted by molar-refractivity contribution is 0.102. The van der Waals surface area contributed by atoms with E-state index in [1.165, 1.54) is 7.05 Å². The van der Waals surface area contributed by atoms with E-state index in [9.17, 15) is 9.59 Å². The van der Waals surface area contributed by atoms with E-state index in [2.05, 4.69) is 37.8 Å². The molecule has 2 aromatic carbocycles. The number of carbonyl (C=O) groups excluding carboxylic acids is 2. The van der Waals surface area contributed by atoms with E-state index in [1.54, 1.807) is 54.6 Å². The maximum absolute atomic E-state index is 12.6. The minimum atomic E-state index is -0.466. The second-order valence-electron chi connectivity index (χ2n) is 8.23. The first kappa shape index (κ1) is 24.2. The Bertz CT molecular complexity index is 1210. The van der Waals surface area contributed by atoms with Gasteiger partial charge in [0.25, 0.3) is 5.91 Å². The number of benzene rings is 2. The van der Waals surface area contributed by atoms with E-state index in [0.29, 0.717) is 34.3 Å². The first-order chi connectivity index (χ1) is 16.2. The smallest absolute Gasteiger partial charge is 0.324 e. The first-order valence-electron chi connectivity index (χ1n) is 10.4. The summed E-state index contributed by atoms with van der Waals surface area (Å²) >= 11 is 0. The van der Waals surface area contributed by atoms with Crippen molar-refractivity contribution in [2.75, 3.05) is 23.0 Å². The maximum atomic E-state index is 12.6. The van der Waals surface area contributed by atoms with Crippen LogP contribution in [0.3, 0.4) is 0 Å². The normalized spacial score (nSPS) is 11.5. The molecule has 3 N–H and O–H groups in total. The van der Waals surface area contributed by atoms with Crippen LogP contribution in [-0.4, -0.2) is 36.9 Å². The van der Waals surface area contributed by atoms with Crippen LogP contribution < -0.4 is 20.7 Å². The summed E-state index contributed by atoms with van der Waals surface area (Å²) in [6.45, 7) is 9.33. The molecular weight excluding hydrogens is 436 g/mol. The van der Waals surface area contributed by atoms with Gasteiger partial charge in [0.1, 0.15) is 11.5 Å². The molecule has 0 radical (unpaired) electrons. The van der Waals surface area contributed by atoms with E-state index in [4.69, 9.17) is 9.26 Å². The highest BCUT2D eigenvalue weighted by molar-refractivity contribution is 6.05. The molecule has 0 aliphatic rings. The van der Waals surface area contributed by atoms with Gasteiger partial charge in [0.05, 0.1) is 0 Å². The van der Waals surface area contributed by atoms with E-state index in [1.807, 2.05) is 20.8 Å². The zero-order valence-electron chi connectivity index (χ0n) is 19.4. The Hall–Kier alpha value is -4.47. The van der Waals surface area contributed by atoms with Crippen LogP contribution in [0.1, 0.15) is 36.9 Å². The number of anilines is 3. The van der Waals surface area contributed by atoms with Crippen molar-refractivity contribution in [1.82, 2.24) is 5.16 Å². The van der Waals surface area contributed by atoms with Crippen molar-refractivity contribution >= 4 is 41.9 Å². The van der Waals surface area contributed by atoms with Gasteiger partial charge in [-0.3, -0.25) is 10.1 Å². The first-order valence-corrected chi connectivity index (χ1v) is 10.4. The van der Waals surface area contributed by atoms with Crippen LogP contribution in [0, 0.1) is 0 Å². The number of amidine groups is 1. The Morgan fingerprint density at radius 1 is 1.00 bits per heavy atom. The molecule has 176 valence electrons. The molecule has 34 heavy (non-hydrogen) atoms. The number of nitrogens with one attached hydrogen (secondary N) is 3. The molecule has 3 aromatic rings. The monoisotopic (exact) mass is 462 g/mol. The summed E-state index contributed by atoms with van der Waals surface area (Å²) in [5, 5.41) is 12.0. The number of aliphatic imine (C=N–C) groups is 2. The summed E-state index contributed by atoms with van der Waals surface area (Å²) in [6, 6.07) is 14.6. The van der Waals surface area contributed by atoms with Crippen LogP contribution in [0.25, 0.3) is 0 Å². The molecule has 0 atom stereocenters. The average Bonchev–Trinajstić information content (AvgIpc) is 3.28. The van der Waals surface area contributed by atoms with Crippen LogP contribution in [-0.2, 0) is 5.41 Å². The Labute approximate surface area is 197 Å². The van der Waals surface area contributed by atoms with Crippen LogP contribution in [0.2, 0.25) is 0 Å². The number of amides is 3. The van der Waals surface area contributed by atoms with Gasteiger partial charge in [-0.1, -0.05) is 32.0 Å². The van der Waals surface area contributed by atoms with Gasteiger partial charge in [0.15, 0.2) is 5.82 Å². The van der Waals surface area contributed by atoms with Gasteiger partial charge in [0, 0.05) is 35.5 Å². The Morgan fingerprint density at radius 3 is 2.26 bits per heavy atom. The molecule has 0 saturated heterocycles. The standard InChI is InChI=1S/C24H26N6O4/c1-24(2,3)19-14-20(30-34-19)29-22(32)28-17-11-9-16(10-12-17)27-21(31)15-7-6-8-18(13-15)33-23(25-4)26-5/h6-14H,4H2,1-3,5H3,(H,27,31)(H2,28,29,30,32). The fraction of sp³-hybridized carbons (Fsp3) is 0.208. The quantitative estimate of drug-likeness (QED) is 0.365. The molecule has 0 saturated carbocycles. The summed E-state index contributed by atoms with van der Waals surface area (Å²) < 4.78 is 10.7. The van der Waals surface area contributed by atoms with Crippen LogP contribution in [0.15, 0.2) is 69.1 Å². The fourth-order valence-corrected chi connectivity index (χ4v) is 2.76. The molecule has 0 bridgehead atoms. The molecule has 0 unspecified atom stereocenters. The minimum absolute atomic E-state index is 0.0999. The number of rotatable bonds is 5. The topological polar surface area (TPSA) is 130 Å². The zero-order valence-corrected chi connectivity index (χ0v) is 19.4. The third-order valence-electron chi connectivity index (χ3n) is 4.52. The lowest BCUT2D eigenvalue weighted by Gasteiger charge is -2.12. The predicted octanol–water partition coefficient (Wildman–Crippen LogP) is 4.93. The van der Waals surface area contributed by atoms with Gasteiger partial charge in [-0.2, -0.15) is 0 Å². The van der Waals surface area contributed by atoms with Gasteiger partial charge in [-0.15, -0.1) is 0 Å². The highest BCUT2D eigenvalue weighted by atomic mass is 16.5. The molecule has 0 fully saturated rings. The average molecular weight is 463 g/mol. The number of hydrogen-bond acceptors (Lipinski definition) is 6. The largest absolute Gasteiger partial charge is 0.425 e. The SMILES string of the molecule is C=NC(=NC)Oc1cccc(C(=O)Nc2ccc(NC(=O)Nc3cc(C(C)(C)C)on3)cc2)c1. The van der Waals surface area contributed by atoms with Crippen molar-refractivity contribution in [2.45, 2.75) is 26.2 Å². The molecule has 3 amide bonds. The van der Waals surface area contributed by atoms with Gasteiger partial charge in [0.2, 0.25) is 0 Å². The zero-order chi connectivity index (χ0) is 24.7. The summed E-state index contributed by atoms with van der Waals surface area (Å²) in [5.74, 6) is 1.06. The summed E-state index contributed by atoms with van der Waals surface area (Å²) in [5.41, 5.74) is 1.26. The Morgan fingerprint density at radius 2 is 1.68 bits per heavy atom. The molecule has 1 aromatic heterocycles. The van der Waals surface area contributed by atoms with E-state index in [0.717, 1.165) is 0 Å². The summed E-state index contributed by atoms with van der Waals surface area (Å²) in [4.78, 5) is 32.3. The number of urea groups is 1. The van der Waals surface area contributed by atoms with Crippen molar-refractivity contribution in [3.05, 3.63) is 65.9 Å². The summed E-state index contributed by atoms with van der Waals surface area (Å²) in [6.07, 6.45) is 0. The Balaban J connectivity index is 1.57. The predicted molar refractivity (Wildman–Crippen MR) is 132 cm³/mol. The van der Waals surface area contributed by atoms with Gasteiger partial charge in [-0.05, 0) is 49.2 Å². The van der Waals surface area contributed by atoms with Crippen LogP contribution in [0.4, 0.5) is 22.0 Å². The fourth-order valence-electron chi connectivity index (χ4n) is 2.76. The van der Waals surface area contributed by atoms with Crippen LogP contribution in [0.5, 0.6) is 5.75 Å². The van der Waals surface area contributed by atoms with Gasteiger partial charge in [-0.25, -0.2) is 14.8 Å². The molecule has 10 heteroatoms. The molecule has 0 aliphatic heterocycles. The lowest BCUT2D eigenvalue weighted by atomic mass is 9.93. The second-order valence-corrected chi connectivity index (χ2v) is 8.23. The summed E-state index contributed by atoms with van der Waals surface area (Å²) in [7, 11) is 1.53.